The van der Waals surface area contributed by atoms with Crippen LogP contribution < -0.4 is 0 Å². The Morgan fingerprint density at radius 3 is 2.21 bits per heavy atom. The zero-order valence-corrected chi connectivity index (χ0v) is 17.9. The molecule has 0 amide bonds. The molecule has 2 aromatic carbocycles. The number of carbonyl (C=O) groups excluding carboxylic acids is 1. The highest BCUT2D eigenvalue weighted by Crippen LogP contribution is 2.34. The van der Waals surface area contributed by atoms with Gasteiger partial charge in [-0.1, -0.05) is 61.9 Å². The lowest BCUT2D eigenvalue weighted by molar-refractivity contribution is 0.0516. The molecule has 29 heavy (non-hydrogen) atoms. The van der Waals surface area contributed by atoms with Crippen molar-refractivity contribution in [1.82, 2.24) is 3.97 Å². The first kappa shape index (κ1) is 20.9. The summed E-state index contributed by atoms with van der Waals surface area (Å²) in [6.45, 7) is 7.60. The molecule has 0 saturated carbocycles. The van der Waals surface area contributed by atoms with Gasteiger partial charge in [-0.3, -0.25) is 0 Å². The predicted molar refractivity (Wildman–Crippen MR) is 114 cm³/mol. The lowest BCUT2D eigenvalue weighted by Gasteiger charge is -2.15. The van der Waals surface area contributed by atoms with E-state index in [0.717, 1.165) is 9.54 Å². The van der Waals surface area contributed by atoms with E-state index >= 15 is 0 Å². The molecule has 0 atom stereocenters. The Balaban J connectivity index is 2.38. The van der Waals surface area contributed by atoms with Gasteiger partial charge in [-0.25, -0.2) is 17.2 Å². The van der Waals surface area contributed by atoms with Crippen molar-refractivity contribution in [2.75, 3.05) is 6.61 Å². The Bertz CT molecular complexity index is 1110. The van der Waals surface area contributed by atoms with Crippen molar-refractivity contribution < 1.29 is 17.9 Å². The molecule has 0 spiro atoms. The SMILES string of the molecule is CCOC(=O)c1c(C(C)C)cc(-c2ccccc2)n1S(=O)(=O)c1ccc(C)cc1. The van der Waals surface area contributed by atoms with Gasteiger partial charge in [0, 0.05) is 0 Å². The summed E-state index contributed by atoms with van der Waals surface area (Å²) in [5, 5.41) is 0. The highest BCUT2D eigenvalue weighted by molar-refractivity contribution is 7.90. The summed E-state index contributed by atoms with van der Waals surface area (Å²) >= 11 is 0. The minimum Gasteiger partial charge on any atom is -0.461 e. The van der Waals surface area contributed by atoms with Gasteiger partial charge in [0.25, 0.3) is 10.0 Å². The fraction of sp³-hybridized carbons (Fsp3) is 0.261. The average Bonchev–Trinajstić information content (AvgIpc) is 3.11. The Kier molecular flexibility index (Phi) is 5.94. The maximum absolute atomic E-state index is 13.7. The predicted octanol–water partition coefficient (Wildman–Crippen LogP) is 5.00. The molecule has 5 nitrogen and oxygen atoms in total. The van der Waals surface area contributed by atoms with Gasteiger partial charge in [-0.05, 0) is 49.1 Å². The lowest BCUT2D eigenvalue weighted by atomic mass is 10.0. The third-order valence-electron chi connectivity index (χ3n) is 4.71. The number of hydrogen-bond donors (Lipinski definition) is 0. The summed E-state index contributed by atoms with van der Waals surface area (Å²) < 4.78 is 33.7. The molecule has 3 rings (SSSR count). The molecule has 0 saturated heterocycles. The monoisotopic (exact) mass is 411 g/mol. The molecule has 0 bridgehead atoms. The number of benzene rings is 2. The molecule has 3 aromatic rings. The summed E-state index contributed by atoms with van der Waals surface area (Å²) in [6.07, 6.45) is 0. The number of rotatable bonds is 6. The third-order valence-corrected chi connectivity index (χ3v) is 6.43. The summed E-state index contributed by atoms with van der Waals surface area (Å²) in [7, 11) is -4.03. The quantitative estimate of drug-likeness (QED) is 0.535. The van der Waals surface area contributed by atoms with Crippen LogP contribution in [0.15, 0.2) is 65.6 Å². The molecule has 1 heterocycles. The highest BCUT2D eigenvalue weighted by Gasteiger charge is 2.32. The van der Waals surface area contributed by atoms with Crippen LogP contribution in [-0.4, -0.2) is 25.0 Å². The van der Waals surface area contributed by atoms with Crippen molar-refractivity contribution in [2.24, 2.45) is 0 Å². The van der Waals surface area contributed by atoms with E-state index in [-0.39, 0.29) is 23.1 Å². The third kappa shape index (κ3) is 3.98. The molecule has 6 heteroatoms. The Hall–Kier alpha value is -2.86. The van der Waals surface area contributed by atoms with Gasteiger partial charge in [0.05, 0.1) is 17.2 Å². The van der Waals surface area contributed by atoms with Crippen LogP contribution in [0.1, 0.15) is 48.3 Å². The Morgan fingerprint density at radius 2 is 1.66 bits per heavy atom. The first-order valence-corrected chi connectivity index (χ1v) is 11.0. The summed E-state index contributed by atoms with van der Waals surface area (Å²) in [4.78, 5) is 13.0. The van der Waals surface area contributed by atoms with Crippen LogP contribution in [0.3, 0.4) is 0 Å². The molecule has 0 aliphatic carbocycles. The fourth-order valence-electron chi connectivity index (χ4n) is 3.23. The maximum Gasteiger partial charge on any atom is 0.356 e. The minimum atomic E-state index is -4.03. The average molecular weight is 412 g/mol. The summed E-state index contributed by atoms with van der Waals surface area (Å²) in [5.74, 6) is -0.708. The van der Waals surface area contributed by atoms with Crippen LogP contribution in [0.25, 0.3) is 11.3 Å². The van der Waals surface area contributed by atoms with Crippen molar-refractivity contribution in [3.63, 3.8) is 0 Å². The van der Waals surface area contributed by atoms with E-state index in [2.05, 4.69) is 0 Å². The molecule has 0 unspecified atom stereocenters. The largest absolute Gasteiger partial charge is 0.461 e. The van der Waals surface area contributed by atoms with Crippen LogP contribution in [0.5, 0.6) is 0 Å². The fourth-order valence-corrected chi connectivity index (χ4v) is 4.76. The van der Waals surface area contributed by atoms with E-state index in [4.69, 9.17) is 4.74 Å². The van der Waals surface area contributed by atoms with Crippen LogP contribution >= 0.6 is 0 Å². The molecule has 1 aromatic heterocycles. The molecule has 0 aliphatic heterocycles. The second-order valence-corrected chi connectivity index (χ2v) is 8.94. The first-order valence-electron chi connectivity index (χ1n) is 9.57. The van der Waals surface area contributed by atoms with Gasteiger partial charge in [-0.15, -0.1) is 0 Å². The summed E-state index contributed by atoms with van der Waals surface area (Å²) in [5.41, 5.74) is 2.80. The van der Waals surface area contributed by atoms with E-state index in [0.29, 0.717) is 16.8 Å². The number of hydrogen-bond acceptors (Lipinski definition) is 4. The molecular formula is C23H25NO4S. The van der Waals surface area contributed by atoms with Crippen molar-refractivity contribution in [1.29, 1.82) is 0 Å². The zero-order chi connectivity index (χ0) is 21.2. The Labute approximate surface area is 172 Å². The van der Waals surface area contributed by atoms with Crippen molar-refractivity contribution in [2.45, 2.75) is 38.5 Å². The van der Waals surface area contributed by atoms with Gasteiger partial charge >= 0.3 is 5.97 Å². The number of carbonyl (C=O) groups is 1. The second-order valence-electron chi connectivity index (χ2n) is 7.16. The van der Waals surface area contributed by atoms with Crippen molar-refractivity contribution in [3.8, 4) is 11.3 Å². The molecule has 0 fully saturated rings. The van der Waals surface area contributed by atoms with Crippen molar-refractivity contribution in [3.05, 3.63) is 77.5 Å². The zero-order valence-electron chi connectivity index (χ0n) is 17.0. The summed E-state index contributed by atoms with van der Waals surface area (Å²) in [6, 6.07) is 17.6. The molecule has 0 N–H and O–H groups in total. The van der Waals surface area contributed by atoms with Gasteiger partial charge in [-0.2, -0.15) is 0 Å². The van der Waals surface area contributed by atoms with E-state index in [1.165, 1.54) is 0 Å². The molecule has 0 radical (unpaired) electrons. The van der Waals surface area contributed by atoms with E-state index < -0.39 is 16.0 Å². The number of aryl methyl sites for hydroxylation is 1. The first-order chi connectivity index (χ1) is 13.8. The number of aromatic nitrogens is 1. The van der Waals surface area contributed by atoms with Gasteiger partial charge in [0.2, 0.25) is 0 Å². The molecular weight excluding hydrogens is 386 g/mol. The van der Waals surface area contributed by atoms with E-state index in [1.54, 1.807) is 37.3 Å². The van der Waals surface area contributed by atoms with Gasteiger partial charge in [0.15, 0.2) is 0 Å². The lowest BCUT2D eigenvalue weighted by Crippen LogP contribution is -2.22. The van der Waals surface area contributed by atoms with Crippen LogP contribution in [-0.2, 0) is 14.8 Å². The Morgan fingerprint density at radius 1 is 1.03 bits per heavy atom. The maximum atomic E-state index is 13.7. The van der Waals surface area contributed by atoms with E-state index in [1.807, 2.05) is 51.1 Å². The van der Waals surface area contributed by atoms with Crippen molar-refractivity contribution >= 4 is 16.0 Å². The number of esters is 1. The standard InChI is InChI=1S/C23H25NO4S/c1-5-28-23(25)22-20(16(2)3)15-21(18-9-7-6-8-10-18)24(22)29(26,27)19-13-11-17(4)12-14-19/h6-16H,5H2,1-4H3. The highest BCUT2D eigenvalue weighted by atomic mass is 32.2. The topological polar surface area (TPSA) is 65.4 Å². The molecule has 0 aliphatic rings. The number of ether oxygens (including phenoxy) is 1. The normalized spacial score (nSPS) is 11.6. The van der Waals surface area contributed by atoms with Gasteiger partial charge in [0.1, 0.15) is 5.69 Å². The van der Waals surface area contributed by atoms with Crippen LogP contribution in [0, 0.1) is 6.92 Å². The van der Waals surface area contributed by atoms with Crippen LogP contribution in [0.2, 0.25) is 0 Å². The van der Waals surface area contributed by atoms with Gasteiger partial charge < -0.3 is 4.74 Å². The smallest absolute Gasteiger partial charge is 0.356 e. The van der Waals surface area contributed by atoms with E-state index in [9.17, 15) is 13.2 Å². The minimum absolute atomic E-state index is 0.0567. The van der Waals surface area contributed by atoms with Crippen LogP contribution in [0.4, 0.5) is 0 Å². The second kappa shape index (κ2) is 8.25. The number of nitrogens with zero attached hydrogens (tertiary/aromatic N) is 1. The molecule has 152 valence electrons.